The van der Waals surface area contributed by atoms with E-state index in [2.05, 4.69) is 24.3 Å². The Balaban J connectivity index is 2.14. The highest BCUT2D eigenvalue weighted by Gasteiger charge is 2.18. The molecule has 1 aromatic heterocycles. The molecule has 0 saturated carbocycles. The van der Waals surface area contributed by atoms with Gasteiger partial charge in [-0.2, -0.15) is 5.10 Å². The lowest BCUT2D eigenvalue weighted by molar-refractivity contribution is 0.599. The summed E-state index contributed by atoms with van der Waals surface area (Å²) in [6.45, 7) is 5.45. The van der Waals surface area contributed by atoms with Crippen molar-refractivity contribution in [3.8, 4) is 0 Å². The summed E-state index contributed by atoms with van der Waals surface area (Å²) in [5.74, 6) is 0. The van der Waals surface area contributed by atoms with Crippen LogP contribution in [0.3, 0.4) is 0 Å². The van der Waals surface area contributed by atoms with Crippen LogP contribution >= 0.6 is 0 Å². The average molecular weight is 193 g/mol. The number of rotatable bonds is 2. The minimum atomic E-state index is 0.677. The number of nitrogens with one attached hydrogen (secondary N) is 1. The second-order valence-electron chi connectivity index (χ2n) is 4.27. The fourth-order valence-corrected chi connectivity index (χ4v) is 2.29. The third kappa shape index (κ3) is 1.69. The lowest BCUT2D eigenvalue weighted by Gasteiger charge is -2.09. The smallest absolute Gasteiger partial charge is 0.0628 e. The van der Waals surface area contributed by atoms with Crippen molar-refractivity contribution >= 4 is 0 Å². The fourth-order valence-electron chi connectivity index (χ4n) is 2.29. The summed E-state index contributed by atoms with van der Waals surface area (Å²) in [7, 11) is 2.02. The van der Waals surface area contributed by atoms with Crippen molar-refractivity contribution in [2.24, 2.45) is 7.05 Å². The van der Waals surface area contributed by atoms with Crippen molar-refractivity contribution in [2.45, 2.75) is 39.2 Å². The highest BCUT2D eigenvalue weighted by molar-refractivity contribution is 5.25. The molecule has 1 fully saturated rings. The molecule has 1 aliphatic rings. The maximum absolute atomic E-state index is 4.44. The Morgan fingerprint density at radius 2 is 2.29 bits per heavy atom. The molecule has 0 radical (unpaired) electrons. The van der Waals surface area contributed by atoms with E-state index >= 15 is 0 Å². The van der Waals surface area contributed by atoms with E-state index in [4.69, 9.17) is 0 Å². The van der Waals surface area contributed by atoms with Crippen molar-refractivity contribution in [3.05, 3.63) is 17.0 Å². The summed E-state index contributed by atoms with van der Waals surface area (Å²) in [6.07, 6.45) is 3.78. The Kier molecular flexibility index (Phi) is 2.59. The first-order valence-electron chi connectivity index (χ1n) is 5.41. The van der Waals surface area contributed by atoms with E-state index in [1.807, 2.05) is 11.7 Å². The van der Waals surface area contributed by atoms with E-state index in [1.165, 1.54) is 36.3 Å². The third-order valence-electron chi connectivity index (χ3n) is 3.27. The molecule has 2 heterocycles. The predicted molar refractivity (Wildman–Crippen MR) is 57.4 cm³/mol. The third-order valence-corrected chi connectivity index (χ3v) is 3.27. The molecule has 3 heteroatoms. The maximum atomic E-state index is 4.44. The Hall–Kier alpha value is -0.830. The number of nitrogens with zero attached hydrogens (tertiary/aromatic N) is 2. The van der Waals surface area contributed by atoms with Crippen LogP contribution in [0, 0.1) is 13.8 Å². The van der Waals surface area contributed by atoms with Crippen molar-refractivity contribution in [2.75, 3.05) is 6.54 Å². The molecule has 0 aliphatic carbocycles. The first-order chi connectivity index (χ1) is 6.68. The van der Waals surface area contributed by atoms with Gasteiger partial charge < -0.3 is 5.32 Å². The Bertz CT molecular complexity index is 322. The lowest BCUT2D eigenvalue weighted by atomic mass is 10.0. The molecule has 14 heavy (non-hydrogen) atoms. The molecule has 78 valence electrons. The largest absolute Gasteiger partial charge is 0.314 e. The summed E-state index contributed by atoms with van der Waals surface area (Å²) < 4.78 is 1.99. The lowest BCUT2D eigenvalue weighted by Crippen LogP contribution is -2.24. The van der Waals surface area contributed by atoms with Crippen LogP contribution < -0.4 is 5.32 Å². The fraction of sp³-hybridized carbons (Fsp3) is 0.727. The minimum absolute atomic E-state index is 0.677. The highest BCUT2D eigenvalue weighted by Crippen LogP contribution is 2.17. The Labute approximate surface area is 85.5 Å². The molecule has 1 aromatic rings. The number of hydrogen-bond acceptors (Lipinski definition) is 2. The average Bonchev–Trinajstić information content (AvgIpc) is 2.71. The van der Waals surface area contributed by atoms with Gasteiger partial charge in [-0.05, 0) is 45.2 Å². The first kappa shape index (κ1) is 9.71. The number of aromatic nitrogens is 2. The summed E-state index contributed by atoms with van der Waals surface area (Å²) in [5.41, 5.74) is 3.95. The van der Waals surface area contributed by atoms with Gasteiger partial charge in [-0.25, -0.2) is 0 Å². The van der Waals surface area contributed by atoms with Crippen LogP contribution in [0.25, 0.3) is 0 Å². The van der Waals surface area contributed by atoms with Gasteiger partial charge >= 0.3 is 0 Å². The van der Waals surface area contributed by atoms with Gasteiger partial charge in [0.1, 0.15) is 0 Å². The zero-order valence-electron chi connectivity index (χ0n) is 9.30. The normalized spacial score (nSPS) is 21.8. The van der Waals surface area contributed by atoms with Crippen molar-refractivity contribution in [3.63, 3.8) is 0 Å². The summed E-state index contributed by atoms with van der Waals surface area (Å²) in [6, 6.07) is 0.677. The van der Waals surface area contributed by atoms with Gasteiger partial charge in [0, 0.05) is 18.8 Å². The standard InChI is InChI=1S/C11H19N3/c1-8-11(9(2)14(3)13-8)7-10-5-4-6-12-10/h10,12H,4-7H2,1-3H3. The molecule has 0 spiro atoms. The van der Waals surface area contributed by atoms with Gasteiger partial charge in [0.15, 0.2) is 0 Å². The molecule has 1 aliphatic heterocycles. The van der Waals surface area contributed by atoms with Crippen LogP contribution in [0.15, 0.2) is 0 Å². The van der Waals surface area contributed by atoms with Crippen LogP contribution in [0.2, 0.25) is 0 Å². The SMILES string of the molecule is Cc1nn(C)c(C)c1CC1CCCN1. The zero-order valence-corrected chi connectivity index (χ0v) is 9.30. The minimum Gasteiger partial charge on any atom is -0.314 e. The van der Waals surface area contributed by atoms with Gasteiger partial charge in [-0.15, -0.1) is 0 Å². The monoisotopic (exact) mass is 193 g/mol. The zero-order chi connectivity index (χ0) is 10.1. The number of hydrogen-bond donors (Lipinski definition) is 1. The van der Waals surface area contributed by atoms with E-state index in [1.54, 1.807) is 0 Å². The van der Waals surface area contributed by atoms with Gasteiger partial charge in [-0.1, -0.05) is 0 Å². The highest BCUT2D eigenvalue weighted by atomic mass is 15.3. The van der Waals surface area contributed by atoms with E-state index in [0.29, 0.717) is 6.04 Å². The van der Waals surface area contributed by atoms with E-state index < -0.39 is 0 Å². The van der Waals surface area contributed by atoms with E-state index in [0.717, 1.165) is 6.42 Å². The first-order valence-corrected chi connectivity index (χ1v) is 5.41. The summed E-state index contributed by atoms with van der Waals surface area (Å²) >= 11 is 0. The van der Waals surface area contributed by atoms with Crippen molar-refractivity contribution in [1.29, 1.82) is 0 Å². The molecule has 1 saturated heterocycles. The van der Waals surface area contributed by atoms with Gasteiger partial charge in [0.25, 0.3) is 0 Å². The van der Waals surface area contributed by atoms with Crippen LogP contribution in [0.4, 0.5) is 0 Å². The Morgan fingerprint density at radius 3 is 2.79 bits per heavy atom. The van der Waals surface area contributed by atoms with Gasteiger partial charge in [0.05, 0.1) is 5.69 Å². The van der Waals surface area contributed by atoms with Gasteiger partial charge in [-0.3, -0.25) is 4.68 Å². The summed E-state index contributed by atoms with van der Waals surface area (Å²) in [5, 5.41) is 7.97. The van der Waals surface area contributed by atoms with Crippen LogP contribution in [-0.4, -0.2) is 22.4 Å². The maximum Gasteiger partial charge on any atom is 0.0628 e. The van der Waals surface area contributed by atoms with Crippen LogP contribution in [-0.2, 0) is 13.5 Å². The number of aryl methyl sites for hydroxylation is 2. The molecular weight excluding hydrogens is 174 g/mol. The quantitative estimate of drug-likeness (QED) is 0.768. The molecule has 2 rings (SSSR count). The molecule has 0 aromatic carbocycles. The van der Waals surface area contributed by atoms with Gasteiger partial charge in [0.2, 0.25) is 0 Å². The summed E-state index contributed by atoms with van der Waals surface area (Å²) in [4.78, 5) is 0. The van der Waals surface area contributed by atoms with E-state index in [-0.39, 0.29) is 0 Å². The predicted octanol–water partition coefficient (Wildman–Crippen LogP) is 1.33. The van der Waals surface area contributed by atoms with Crippen molar-refractivity contribution < 1.29 is 0 Å². The molecule has 0 bridgehead atoms. The Morgan fingerprint density at radius 1 is 1.50 bits per heavy atom. The topological polar surface area (TPSA) is 29.9 Å². The van der Waals surface area contributed by atoms with Crippen LogP contribution in [0.1, 0.15) is 29.8 Å². The molecule has 1 atom stereocenters. The molecule has 3 nitrogen and oxygen atoms in total. The molecule has 0 amide bonds. The van der Waals surface area contributed by atoms with Crippen molar-refractivity contribution in [1.82, 2.24) is 15.1 Å². The molecule has 1 N–H and O–H groups in total. The van der Waals surface area contributed by atoms with Crippen LogP contribution in [0.5, 0.6) is 0 Å². The second kappa shape index (κ2) is 3.73. The second-order valence-corrected chi connectivity index (χ2v) is 4.27. The van der Waals surface area contributed by atoms with E-state index in [9.17, 15) is 0 Å². The molecule has 1 unspecified atom stereocenters. The molecular formula is C11H19N3.